The van der Waals surface area contributed by atoms with Crippen molar-refractivity contribution in [2.45, 2.75) is 6.92 Å². The summed E-state index contributed by atoms with van der Waals surface area (Å²) in [5.74, 6) is 0.830. The summed E-state index contributed by atoms with van der Waals surface area (Å²) >= 11 is 0. The third-order valence-electron chi connectivity index (χ3n) is 2.88. The van der Waals surface area contributed by atoms with Crippen LogP contribution in [0.2, 0.25) is 0 Å². The molecule has 0 radical (unpaired) electrons. The fourth-order valence-electron chi connectivity index (χ4n) is 1.78. The highest BCUT2D eigenvalue weighted by Crippen LogP contribution is 2.22. The highest BCUT2D eigenvalue weighted by molar-refractivity contribution is 6.07. The molecule has 1 aromatic carbocycles. The summed E-state index contributed by atoms with van der Waals surface area (Å²) in [7, 11) is 3.29. The van der Waals surface area contributed by atoms with Crippen molar-refractivity contribution in [2.75, 3.05) is 18.2 Å². The van der Waals surface area contributed by atoms with Gasteiger partial charge in [-0.15, -0.1) is 0 Å². The SMILES string of the molecule is COc1ccc(NC(=O)c2cnn(C)c2N)cc1C. The molecule has 6 heteroatoms. The fourth-order valence-corrected chi connectivity index (χ4v) is 1.78. The van der Waals surface area contributed by atoms with Gasteiger partial charge in [0.25, 0.3) is 5.91 Å². The standard InChI is InChI=1S/C13H16N4O2/c1-8-6-9(4-5-11(8)19-3)16-13(18)10-7-15-17(2)12(10)14/h4-7H,14H2,1-3H3,(H,16,18). The Bertz CT molecular complexity index is 619. The molecule has 0 aliphatic carbocycles. The first kappa shape index (κ1) is 12.9. The van der Waals surface area contributed by atoms with Gasteiger partial charge in [-0.1, -0.05) is 0 Å². The minimum absolute atomic E-state index is 0.282. The van der Waals surface area contributed by atoms with Gasteiger partial charge in [0.1, 0.15) is 17.1 Å². The van der Waals surface area contributed by atoms with E-state index in [1.54, 1.807) is 26.3 Å². The maximum Gasteiger partial charge on any atom is 0.261 e. The lowest BCUT2D eigenvalue weighted by atomic mass is 10.2. The average Bonchev–Trinajstić information content (AvgIpc) is 2.70. The number of nitrogens with two attached hydrogens (primary N) is 1. The number of amides is 1. The summed E-state index contributed by atoms with van der Waals surface area (Å²) in [6, 6.07) is 5.41. The zero-order chi connectivity index (χ0) is 14.0. The molecule has 1 aromatic heterocycles. The molecule has 3 N–H and O–H groups in total. The number of nitrogen functional groups attached to an aromatic ring is 1. The summed E-state index contributed by atoms with van der Waals surface area (Å²) in [5.41, 5.74) is 7.74. The lowest BCUT2D eigenvalue weighted by molar-refractivity contribution is 0.102. The van der Waals surface area contributed by atoms with Crippen LogP contribution in [0, 0.1) is 6.92 Å². The monoisotopic (exact) mass is 260 g/mol. The Hall–Kier alpha value is -2.50. The highest BCUT2D eigenvalue weighted by atomic mass is 16.5. The number of benzene rings is 1. The number of hydrogen-bond acceptors (Lipinski definition) is 4. The Balaban J connectivity index is 2.19. The van der Waals surface area contributed by atoms with Crippen molar-refractivity contribution in [3.05, 3.63) is 35.5 Å². The molecule has 0 unspecified atom stereocenters. The zero-order valence-corrected chi connectivity index (χ0v) is 11.1. The average molecular weight is 260 g/mol. The van der Waals surface area contributed by atoms with Crippen molar-refractivity contribution in [3.63, 3.8) is 0 Å². The molecule has 6 nitrogen and oxygen atoms in total. The summed E-state index contributed by atoms with van der Waals surface area (Å²) < 4.78 is 6.62. The highest BCUT2D eigenvalue weighted by Gasteiger charge is 2.14. The van der Waals surface area contributed by atoms with E-state index in [-0.39, 0.29) is 5.91 Å². The Kier molecular flexibility index (Phi) is 3.41. The summed E-state index contributed by atoms with van der Waals surface area (Å²) in [5, 5.41) is 6.71. The number of carbonyl (C=O) groups is 1. The molecule has 0 aliphatic heterocycles. The van der Waals surface area contributed by atoms with Crippen LogP contribution in [0.4, 0.5) is 11.5 Å². The van der Waals surface area contributed by atoms with Crippen LogP contribution in [0.3, 0.4) is 0 Å². The smallest absolute Gasteiger partial charge is 0.261 e. The van der Waals surface area contributed by atoms with Crippen LogP contribution < -0.4 is 15.8 Å². The summed E-state index contributed by atoms with van der Waals surface area (Å²) in [4.78, 5) is 12.0. The van der Waals surface area contributed by atoms with Gasteiger partial charge in [-0.05, 0) is 30.7 Å². The molecular weight excluding hydrogens is 244 g/mol. The Morgan fingerprint density at radius 1 is 1.47 bits per heavy atom. The van der Waals surface area contributed by atoms with Gasteiger partial charge in [0, 0.05) is 12.7 Å². The number of nitrogens with zero attached hydrogens (tertiary/aromatic N) is 2. The van der Waals surface area contributed by atoms with Gasteiger partial charge in [0.15, 0.2) is 0 Å². The molecule has 0 saturated heterocycles. The number of aryl methyl sites for hydroxylation is 2. The van der Waals surface area contributed by atoms with E-state index in [9.17, 15) is 4.79 Å². The van der Waals surface area contributed by atoms with Crippen molar-refractivity contribution in [2.24, 2.45) is 7.05 Å². The number of hydrogen-bond donors (Lipinski definition) is 2. The fraction of sp³-hybridized carbons (Fsp3) is 0.231. The summed E-state index contributed by atoms with van der Waals surface area (Å²) in [6.07, 6.45) is 1.45. The molecule has 0 fully saturated rings. The van der Waals surface area contributed by atoms with Gasteiger partial charge >= 0.3 is 0 Å². The zero-order valence-electron chi connectivity index (χ0n) is 11.1. The van der Waals surface area contributed by atoms with Crippen LogP contribution in [-0.2, 0) is 7.05 Å². The molecule has 1 amide bonds. The van der Waals surface area contributed by atoms with Gasteiger partial charge in [0.2, 0.25) is 0 Å². The quantitative estimate of drug-likeness (QED) is 0.877. The van der Waals surface area contributed by atoms with Crippen LogP contribution in [0.5, 0.6) is 5.75 Å². The molecule has 0 spiro atoms. The first-order valence-electron chi connectivity index (χ1n) is 5.76. The minimum atomic E-state index is -0.282. The van der Waals surface area contributed by atoms with Crippen LogP contribution in [0.25, 0.3) is 0 Å². The van der Waals surface area contributed by atoms with Gasteiger partial charge in [-0.25, -0.2) is 0 Å². The molecule has 0 aliphatic rings. The Morgan fingerprint density at radius 3 is 2.74 bits per heavy atom. The van der Waals surface area contributed by atoms with Crippen molar-refractivity contribution in [3.8, 4) is 5.75 Å². The Morgan fingerprint density at radius 2 is 2.21 bits per heavy atom. The second-order valence-corrected chi connectivity index (χ2v) is 4.21. The second kappa shape index (κ2) is 5.01. The normalized spacial score (nSPS) is 10.3. The third kappa shape index (κ3) is 2.52. The molecule has 100 valence electrons. The van der Waals surface area contributed by atoms with Crippen molar-refractivity contribution in [1.82, 2.24) is 9.78 Å². The number of aromatic nitrogens is 2. The number of anilines is 2. The molecule has 0 saturated carbocycles. The summed E-state index contributed by atoms with van der Waals surface area (Å²) in [6.45, 7) is 1.91. The van der Waals surface area contributed by atoms with E-state index in [0.717, 1.165) is 11.3 Å². The number of nitrogens with one attached hydrogen (secondary N) is 1. The van der Waals surface area contributed by atoms with E-state index >= 15 is 0 Å². The molecule has 0 bridgehead atoms. The van der Waals surface area contributed by atoms with Crippen molar-refractivity contribution in [1.29, 1.82) is 0 Å². The molecule has 0 atom stereocenters. The molecule has 19 heavy (non-hydrogen) atoms. The molecule has 1 heterocycles. The predicted molar refractivity (Wildman–Crippen MR) is 73.3 cm³/mol. The topological polar surface area (TPSA) is 82.2 Å². The maximum absolute atomic E-state index is 12.0. The van der Waals surface area contributed by atoms with Crippen molar-refractivity contribution >= 4 is 17.4 Å². The lowest BCUT2D eigenvalue weighted by Crippen LogP contribution is -2.13. The number of ether oxygens (including phenoxy) is 1. The predicted octanol–water partition coefficient (Wildman–Crippen LogP) is 1.57. The van der Waals surface area contributed by atoms with E-state index in [4.69, 9.17) is 10.5 Å². The lowest BCUT2D eigenvalue weighted by Gasteiger charge is -2.08. The van der Waals surface area contributed by atoms with Crippen LogP contribution in [-0.4, -0.2) is 22.8 Å². The van der Waals surface area contributed by atoms with E-state index in [1.807, 2.05) is 13.0 Å². The van der Waals surface area contributed by atoms with Gasteiger partial charge in [-0.3, -0.25) is 9.48 Å². The molecular formula is C13H16N4O2. The van der Waals surface area contributed by atoms with E-state index in [0.29, 0.717) is 17.1 Å². The minimum Gasteiger partial charge on any atom is -0.496 e. The van der Waals surface area contributed by atoms with Crippen LogP contribution in [0.1, 0.15) is 15.9 Å². The van der Waals surface area contributed by atoms with Crippen molar-refractivity contribution < 1.29 is 9.53 Å². The third-order valence-corrected chi connectivity index (χ3v) is 2.88. The van der Waals surface area contributed by atoms with E-state index in [1.165, 1.54) is 10.9 Å². The largest absolute Gasteiger partial charge is 0.496 e. The first-order chi connectivity index (χ1) is 9.02. The molecule has 2 rings (SSSR count). The Labute approximate surface area is 111 Å². The molecule has 2 aromatic rings. The number of methoxy groups -OCH3 is 1. The number of rotatable bonds is 3. The second-order valence-electron chi connectivity index (χ2n) is 4.21. The van der Waals surface area contributed by atoms with E-state index in [2.05, 4.69) is 10.4 Å². The van der Waals surface area contributed by atoms with E-state index < -0.39 is 0 Å². The van der Waals surface area contributed by atoms with Gasteiger partial charge in [-0.2, -0.15) is 5.10 Å². The maximum atomic E-state index is 12.0. The van der Waals surface area contributed by atoms with Gasteiger partial charge < -0.3 is 15.8 Å². The first-order valence-corrected chi connectivity index (χ1v) is 5.76. The van der Waals surface area contributed by atoms with Gasteiger partial charge in [0.05, 0.1) is 13.3 Å². The number of carbonyl (C=O) groups excluding carboxylic acids is 1. The van der Waals surface area contributed by atoms with Crippen LogP contribution >= 0.6 is 0 Å². The van der Waals surface area contributed by atoms with Crippen LogP contribution in [0.15, 0.2) is 24.4 Å².